The van der Waals surface area contributed by atoms with E-state index >= 15 is 0 Å². The van der Waals surface area contributed by atoms with Gasteiger partial charge >= 0.3 is 0 Å². The van der Waals surface area contributed by atoms with Gasteiger partial charge in [0.15, 0.2) is 0 Å². The molecule has 1 saturated carbocycles. The van der Waals surface area contributed by atoms with Gasteiger partial charge in [-0.25, -0.2) is 0 Å². The van der Waals surface area contributed by atoms with Crippen molar-refractivity contribution in [3.05, 3.63) is 18.5 Å². The largest absolute Gasteiger partial charge is 0.397 e. The molecular formula is C13H21N3. The molecule has 0 spiro atoms. The van der Waals surface area contributed by atoms with Crippen LogP contribution in [0.25, 0.3) is 0 Å². The number of aromatic nitrogens is 1. The van der Waals surface area contributed by atoms with Gasteiger partial charge in [-0.1, -0.05) is 19.8 Å². The maximum absolute atomic E-state index is 5.71. The van der Waals surface area contributed by atoms with Crippen molar-refractivity contribution in [2.24, 2.45) is 5.41 Å². The van der Waals surface area contributed by atoms with Crippen LogP contribution in [-0.2, 0) is 0 Å². The van der Waals surface area contributed by atoms with Gasteiger partial charge in [0.1, 0.15) is 0 Å². The van der Waals surface area contributed by atoms with Crippen molar-refractivity contribution in [1.82, 2.24) is 4.98 Å². The molecule has 0 aliphatic heterocycles. The Morgan fingerprint density at radius 2 is 2.12 bits per heavy atom. The molecule has 1 aromatic heterocycles. The monoisotopic (exact) mass is 219 g/mol. The van der Waals surface area contributed by atoms with Crippen molar-refractivity contribution < 1.29 is 0 Å². The van der Waals surface area contributed by atoms with E-state index in [0.717, 1.165) is 17.9 Å². The zero-order valence-electron chi connectivity index (χ0n) is 10.00. The minimum Gasteiger partial charge on any atom is -0.397 e. The van der Waals surface area contributed by atoms with E-state index in [9.17, 15) is 0 Å². The number of nitrogens with zero attached hydrogens (tertiary/aromatic N) is 1. The second-order valence-corrected chi connectivity index (χ2v) is 4.92. The summed E-state index contributed by atoms with van der Waals surface area (Å²) in [6.45, 7) is 3.35. The standard InChI is InChI=1S/C13H21N3/c1-2-13(5-3-4-6-13)10-16-12-7-11(14)8-15-9-12/h7-9,16H,2-6,10,14H2,1H3. The maximum Gasteiger partial charge on any atom is 0.0547 e. The van der Waals surface area contributed by atoms with Crippen LogP contribution in [-0.4, -0.2) is 11.5 Å². The SMILES string of the molecule is CCC1(CNc2cncc(N)c2)CCCC1. The van der Waals surface area contributed by atoms with Gasteiger partial charge in [-0.2, -0.15) is 0 Å². The lowest BCUT2D eigenvalue weighted by atomic mass is 9.83. The first-order chi connectivity index (χ1) is 7.74. The Morgan fingerprint density at radius 1 is 1.38 bits per heavy atom. The second kappa shape index (κ2) is 4.73. The van der Waals surface area contributed by atoms with Crippen molar-refractivity contribution in [3.8, 4) is 0 Å². The van der Waals surface area contributed by atoms with Crippen molar-refractivity contribution in [2.45, 2.75) is 39.0 Å². The first kappa shape index (κ1) is 11.2. The summed E-state index contributed by atoms with van der Waals surface area (Å²) in [7, 11) is 0. The fourth-order valence-electron chi connectivity index (χ4n) is 2.62. The average molecular weight is 219 g/mol. The van der Waals surface area contributed by atoms with Gasteiger partial charge in [-0.05, 0) is 30.7 Å². The maximum atomic E-state index is 5.71. The molecule has 1 heterocycles. The molecule has 16 heavy (non-hydrogen) atoms. The summed E-state index contributed by atoms with van der Waals surface area (Å²) in [5.74, 6) is 0. The zero-order valence-corrected chi connectivity index (χ0v) is 10.00. The van der Waals surface area contributed by atoms with Crippen LogP contribution in [0, 0.1) is 5.41 Å². The lowest BCUT2D eigenvalue weighted by Gasteiger charge is -2.28. The molecule has 0 saturated heterocycles. The highest BCUT2D eigenvalue weighted by atomic mass is 14.9. The summed E-state index contributed by atoms with van der Waals surface area (Å²) in [5.41, 5.74) is 7.98. The topological polar surface area (TPSA) is 50.9 Å². The van der Waals surface area contributed by atoms with Crippen LogP contribution in [0.4, 0.5) is 11.4 Å². The minimum atomic E-state index is 0.505. The van der Waals surface area contributed by atoms with E-state index in [1.807, 2.05) is 12.3 Å². The summed E-state index contributed by atoms with van der Waals surface area (Å²) in [6, 6.07) is 1.95. The van der Waals surface area contributed by atoms with Gasteiger partial charge < -0.3 is 11.1 Å². The third-order valence-corrected chi connectivity index (χ3v) is 3.84. The summed E-state index contributed by atoms with van der Waals surface area (Å²) in [5, 5.41) is 3.48. The van der Waals surface area contributed by atoms with Gasteiger partial charge in [-0.3, -0.25) is 4.98 Å². The highest BCUT2D eigenvalue weighted by Crippen LogP contribution is 2.40. The minimum absolute atomic E-state index is 0.505. The molecule has 0 unspecified atom stereocenters. The van der Waals surface area contributed by atoms with Gasteiger partial charge in [0.2, 0.25) is 0 Å². The van der Waals surface area contributed by atoms with Crippen LogP contribution in [0.3, 0.4) is 0 Å². The third kappa shape index (κ3) is 2.46. The predicted molar refractivity (Wildman–Crippen MR) is 68.3 cm³/mol. The van der Waals surface area contributed by atoms with E-state index in [1.54, 1.807) is 6.20 Å². The Kier molecular flexibility index (Phi) is 3.32. The van der Waals surface area contributed by atoms with Crippen molar-refractivity contribution in [3.63, 3.8) is 0 Å². The van der Waals surface area contributed by atoms with Crippen molar-refractivity contribution in [2.75, 3.05) is 17.6 Å². The van der Waals surface area contributed by atoms with Crippen LogP contribution in [0.5, 0.6) is 0 Å². The van der Waals surface area contributed by atoms with E-state index in [2.05, 4.69) is 17.2 Å². The van der Waals surface area contributed by atoms with Gasteiger partial charge in [0.05, 0.1) is 17.6 Å². The van der Waals surface area contributed by atoms with Crippen molar-refractivity contribution in [1.29, 1.82) is 0 Å². The van der Waals surface area contributed by atoms with Crippen LogP contribution < -0.4 is 11.1 Å². The molecule has 3 N–H and O–H groups in total. The normalized spacial score (nSPS) is 18.6. The Hall–Kier alpha value is -1.25. The van der Waals surface area contributed by atoms with Gasteiger partial charge in [0.25, 0.3) is 0 Å². The van der Waals surface area contributed by atoms with E-state index in [4.69, 9.17) is 5.73 Å². The summed E-state index contributed by atoms with van der Waals surface area (Å²) >= 11 is 0. The smallest absolute Gasteiger partial charge is 0.0547 e. The molecule has 3 nitrogen and oxygen atoms in total. The van der Waals surface area contributed by atoms with Crippen molar-refractivity contribution >= 4 is 11.4 Å². The molecule has 0 amide bonds. The quantitative estimate of drug-likeness (QED) is 0.818. The Morgan fingerprint density at radius 3 is 2.75 bits per heavy atom. The lowest BCUT2D eigenvalue weighted by molar-refractivity contribution is 0.307. The third-order valence-electron chi connectivity index (χ3n) is 3.84. The van der Waals surface area contributed by atoms with Crippen LogP contribution >= 0.6 is 0 Å². The Balaban J connectivity index is 1.95. The zero-order chi connectivity index (χ0) is 11.4. The number of nitrogens with one attached hydrogen (secondary N) is 1. The number of rotatable bonds is 4. The number of pyridine rings is 1. The highest BCUT2D eigenvalue weighted by Gasteiger charge is 2.31. The van der Waals surface area contributed by atoms with Gasteiger partial charge in [0, 0.05) is 12.7 Å². The second-order valence-electron chi connectivity index (χ2n) is 4.92. The first-order valence-corrected chi connectivity index (χ1v) is 6.18. The van der Waals surface area contributed by atoms with Crippen LogP contribution in [0.1, 0.15) is 39.0 Å². The Bertz CT molecular complexity index is 343. The molecule has 1 aromatic rings. The molecule has 1 aliphatic carbocycles. The molecule has 0 radical (unpaired) electrons. The fourth-order valence-corrected chi connectivity index (χ4v) is 2.62. The molecule has 2 rings (SSSR count). The first-order valence-electron chi connectivity index (χ1n) is 6.18. The number of nitrogen functional groups attached to an aromatic ring is 1. The summed E-state index contributed by atoms with van der Waals surface area (Å²) in [4.78, 5) is 4.09. The molecular weight excluding hydrogens is 198 g/mol. The van der Waals surface area contributed by atoms with E-state index in [1.165, 1.54) is 32.1 Å². The molecule has 0 atom stereocenters. The lowest BCUT2D eigenvalue weighted by Crippen LogP contribution is -2.25. The molecule has 88 valence electrons. The van der Waals surface area contributed by atoms with Crippen LogP contribution in [0.2, 0.25) is 0 Å². The highest BCUT2D eigenvalue weighted by molar-refractivity contribution is 5.51. The molecule has 1 aliphatic rings. The molecule has 0 bridgehead atoms. The predicted octanol–water partition coefficient (Wildman–Crippen LogP) is 3.05. The van der Waals surface area contributed by atoms with E-state index in [0.29, 0.717) is 5.41 Å². The molecule has 1 fully saturated rings. The van der Waals surface area contributed by atoms with Crippen LogP contribution in [0.15, 0.2) is 18.5 Å². The van der Waals surface area contributed by atoms with E-state index in [-0.39, 0.29) is 0 Å². The number of anilines is 2. The summed E-state index contributed by atoms with van der Waals surface area (Å²) < 4.78 is 0. The fraction of sp³-hybridized carbons (Fsp3) is 0.615. The summed E-state index contributed by atoms with van der Waals surface area (Å²) in [6.07, 6.45) is 10.2. The molecule has 0 aromatic carbocycles. The van der Waals surface area contributed by atoms with Gasteiger partial charge in [-0.15, -0.1) is 0 Å². The molecule has 3 heteroatoms. The number of hydrogen-bond donors (Lipinski definition) is 2. The van der Waals surface area contributed by atoms with E-state index < -0.39 is 0 Å². The number of hydrogen-bond acceptors (Lipinski definition) is 3. The average Bonchev–Trinajstić information content (AvgIpc) is 2.76. The number of nitrogens with two attached hydrogens (primary N) is 1. The Labute approximate surface area is 97.5 Å².